The van der Waals surface area contributed by atoms with Gasteiger partial charge in [0, 0.05) is 13.0 Å². The molecule has 116 valence electrons. The highest BCUT2D eigenvalue weighted by atomic mass is 32.2. The second kappa shape index (κ2) is 7.78. The summed E-state index contributed by atoms with van der Waals surface area (Å²) >= 11 is 0. The Bertz CT molecular complexity index is 592. The maximum atomic E-state index is 11.6. The number of rotatable bonds is 8. The average molecular weight is 313 g/mol. The van der Waals surface area contributed by atoms with E-state index in [0.717, 1.165) is 5.56 Å². The van der Waals surface area contributed by atoms with Gasteiger partial charge in [-0.2, -0.15) is 0 Å². The molecule has 0 aliphatic rings. The SMILES string of the molecule is CCS(=O)(=O)c1ccc(CCC(=O)NCCC(=O)O)cc1. The first kappa shape index (κ1) is 17.2. The Hall–Kier alpha value is -1.89. The molecule has 6 nitrogen and oxygen atoms in total. The van der Waals surface area contributed by atoms with Crippen LogP contribution < -0.4 is 5.32 Å². The van der Waals surface area contributed by atoms with Crippen LogP contribution in [0.25, 0.3) is 0 Å². The Labute approximate surface area is 124 Å². The molecule has 21 heavy (non-hydrogen) atoms. The van der Waals surface area contributed by atoms with Crippen LogP contribution in [0, 0.1) is 0 Å². The van der Waals surface area contributed by atoms with Gasteiger partial charge >= 0.3 is 5.97 Å². The Morgan fingerprint density at radius 1 is 1.14 bits per heavy atom. The van der Waals surface area contributed by atoms with E-state index in [1.807, 2.05) is 0 Å². The van der Waals surface area contributed by atoms with Gasteiger partial charge < -0.3 is 10.4 Å². The molecule has 0 aromatic heterocycles. The molecule has 2 N–H and O–H groups in total. The third-order valence-corrected chi connectivity index (χ3v) is 4.71. The van der Waals surface area contributed by atoms with Crippen molar-refractivity contribution in [2.24, 2.45) is 0 Å². The summed E-state index contributed by atoms with van der Waals surface area (Å²) in [5.41, 5.74) is 0.860. The Morgan fingerprint density at radius 2 is 1.76 bits per heavy atom. The molecule has 0 bridgehead atoms. The van der Waals surface area contributed by atoms with E-state index in [4.69, 9.17) is 5.11 Å². The van der Waals surface area contributed by atoms with Gasteiger partial charge in [-0.05, 0) is 24.1 Å². The molecule has 0 spiro atoms. The van der Waals surface area contributed by atoms with Crippen LogP contribution in [0.4, 0.5) is 0 Å². The zero-order chi connectivity index (χ0) is 15.9. The van der Waals surface area contributed by atoms with Gasteiger partial charge in [0.15, 0.2) is 9.84 Å². The van der Waals surface area contributed by atoms with E-state index in [1.54, 1.807) is 19.1 Å². The molecule has 1 rings (SSSR count). The number of benzene rings is 1. The maximum Gasteiger partial charge on any atom is 0.305 e. The molecule has 1 aromatic carbocycles. The summed E-state index contributed by atoms with van der Waals surface area (Å²) in [4.78, 5) is 22.0. The minimum atomic E-state index is -3.20. The van der Waals surface area contributed by atoms with E-state index in [2.05, 4.69) is 5.32 Å². The maximum absolute atomic E-state index is 11.6. The lowest BCUT2D eigenvalue weighted by Crippen LogP contribution is -2.26. The number of carboxylic acid groups (broad SMARTS) is 1. The number of amides is 1. The van der Waals surface area contributed by atoms with Gasteiger partial charge in [-0.1, -0.05) is 19.1 Å². The van der Waals surface area contributed by atoms with Gasteiger partial charge in [0.05, 0.1) is 17.1 Å². The molecule has 1 aromatic rings. The van der Waals surface area contributed by atoms with Crippen molar-refractivity contribution in [2.75, 3.05) is 12.3 Å². The molecule has 0 unspecified atom stereocenters. The van der Waals surface area contributed by atoms with Crippen LogP contribution in [-0.4, -0.2) is 37.7 Å². The summed E-state index contributed by atoms with van der Waals surface area (Å²) in [7, 11) is -3.20. The van der Waals surface area contributed by atoms with Crippen molar-refractivity contribution < 1.29 is 23.1 Å². The first-order valence-corrected chi connectivity index (χ1v) is 8.30. The molecule has 0 heterocycles. The van der Waals surface area contributed by atoms with Crippen LogP contribution in [0.2, 0.25) is 0 Å². The molecule has 0 aliphatic carbocycles. The number of hydrogen-bond acceptors (Lipinski definition) is 4. The highest BCUT2D eigenvalue weighted by Gasteiger charge is 2.11. The molecule has 1 amide bonds. The van der Waals surface area contributed by atoms with Crippen LogP contribution in [0.1, 0.15) is 25.3 Å². The molecule has 0 fully saturated rings. The minimum absolute atomic E-state index is 0.0539. The van der Waals surface area contributed by atoms with E-state index in [1.165, 1.54) is 12.1 Å². The fourth-order valence-electron chi connectivity index (χ4n) is 1.69. The van der Waals surface area contributed by atoms with Crippen molar-refractivity contribution in [2.45, 2.75) is 31.1 Å². The molecule has 7 heteroatoms. The van der Waals surface area contributed by atoms with E-state index >= 15 is 0 Å². The minimum Gasteiger partial charge on any atom is -0.481 e. The van der Waals surface area contributed by atoms with Gasteiger partial charge in [-0.15, -0.1) is 0 Å². The highest BCUT2D eigenvalue weighted by Crippen LogP contribution is 2.13. The first-order valence-electron chi connectivity index (χ1n) is 6.65. The van der Waals surface area contributed by atoms with Gasteiger partial charge in [0.2, 0.25) is 5.91 Å². The number of carboxylic acids is 1. The molecular weight excluding hydrogens is 294 g/mol. The molecule has 0 saturated carbocycles. The fourth-order valence-corrected chi connectivity index (χ4v) is 2.57. The van der Waals surface area contributed by atoms with Crippen molar-refractivity contribution in [3.8, 4) is 0 Å². The van der Waals surface area contributed by atoms with Crippen LogP contribution in [0.5, 0.6) is 0 Å². The van der Waals surface area contributed by atoms with E-state index < -0.39 is 15.8 Å². The van der Waals surface area contributed by atoms with Crippen molar-refractivity contribution in [1.82, 2.24) is 5.32 Å². The summed E-state index contributed by atoms with van der Waals surface area (Å²) in [5, 5.41) is 11.0. The standard InChI is InChI=1S/C14H19NO5S/c1-2-21(19,20)12-6-3-11(4-7-12)5-8-13(16)15-10-9-14(17)18/h3-4,6-7H,2,5,8-10H2,1H3,(H,15,16)(H,17,18). The number of carbonyl (C=O) groups is 2. The average Bonchev–Trinajstić information content (AvgIpc) is 2.45. The number of hydrogen-bond donors (Lipinski definition) is 2. The lowest BCUT2D eigenvalue weighted by Gasteiger charge is -2.05. The van der Waals surface area contributed by atoms with Gasteiger partial charge in [0.1, 0.15) is 0 Å². The normalized spacial score (nSPS) is 11.1. The predicted molar refractivity (Wildman–Crippen MR) is 77.8 cm³/mol. The van der Waals surface area contributed by atoms with Crippen LogP contribution in [-0.2, 0) is 25.8 Å². The molecular formula is C14H19NO5S. The number of carbonyl (C=O) groups excluding carboxylic acids is 1. The Kier molecular flexibility index (Phi) is 6.36. The van der Waals surface area contributed by atoms with Gasteiger partial charge in [-0.25, -0.2) is 8.42 Å². The van der Waals surface area contributed by atoms with Crippen LogP contribution in [0.3, 0.4) is 0 Å². The third kappa shape index (κ3) is 5.95. The van der Waals surface area contributed by atoms with E-state index in [-0.39, 0.29) is 35.9 Å². The number of aryl methyl sites for hydroxylation is 1. The fraction of sp³-hybridized carbons (Fsp3) is 0.429. The van der Waals surface area contributed by atoms with E-state index in [9.17, 15) is 18.0 Å². The van der Waals surface area contributed by atoms with E-state index in [0.29, 0.717) is 6.42 Å². The summed E-state index contributed by atoms with van der Waals surface area (Å²) in [6, 6.07) is 6.45. The summed E-state index contributed by atoms with van der Waals surface area (Å²) in [5.74, 6) is -1.12. The first-order chi connectivity index (χ1) is 9.85. The lowest BCUT2D eigenvalue weighted by atomic mass is 10.1. The Morgan fingerprint density at radius 3 is 2.29 bits per heavy atom. The summed E-state index contributed by atoms with van der Waals surface area (Å²) in [6.07, 6.45) is 0.611. The number of aliphatic carboxylic acids is 1. The quantitative estimate of drug-likeness (QED) is 0.746. The zero-order valence-corrected chi connectivity index (χ0v) is 12.6. The summed E-state index contributed by atoms with van der Waals surface area (Å²) < 4.78 is 23.3. The Balaban J connectivity index is 2.46. The van der Waals surface area contributed by atoms with Gasteiger partial charge in [-0.3, -0.25) is 9.59 Å². The van der Waals surface area contributed by atoms with Crippen molar-refractivity contribution in [3.05, 3.63) is 29.8 Å². The number of sulfone groups is 1. The second-order valence-corrected chi connectivity index (χ2v) is 6.82. The van der Waals surface area contributed by atoms with Crippen molar-refractivity contribution >= 4 is 21.7 Å². The summed E-state index contributed by atoms with van der Waals surface area (Å²) in [6.45, 7) is 1.70. The van der Waals surface area contributed by atoms with Crippen LogP contribution >= 0.6 is 0 Å². The third-order valence-electron chi connectivity index (χ3n) is 2.96. The smallest absolute Gasteiger partial charge is 0.305 e. The molecule has 0 atom stereocenters. The molecule has 0 saturated heterocycles. The molecule has 0 radical (unpaired) electrons. The largest absolute Gasteiger partial charge is 0.481 e. The lowest BCUT2D eigenvalue weighted by molar-refractivity contribution is -0.136. The highest BCUT2D eigenvalue weighted by molar-refractivity contribution is 7.91. The van der Waals surface area contributed by atoms with Crippen molar-refractivity contribution in [1.29, 1.82) is 0 Å². The van der Waals surface area contributed by atoms with Crippen LogP contribution in [0.15, 0.2) is 29.2 Å². The predicted octanol–water partition coefficient (Wildman–Crippen LogP) is 1.00. The second-order valence-electron chi connectivity index (χ2n) is 4.54. The number of nitrogens with one attached hydrogen (secondary N) is 1. The zero-order valence-electron chi connectivity index (χ0n) is 11.8. The topological polar surface area (TPSA) is 101 Å². The van der Waals surface area contributed by atoms with Gasteiger partial charge in [0.25, 0.3) is 0 Å². The monoisotopic (exact) mass is 313 g/mol. The molecule has 0 aliphatic heterocycles. The van der Waals surface area contributed by atoms with Crippen molar-refractivity contribution in [3.63, 3.8) is 0 Å².